The van der Waals surface area contributed by atoms with Crippen LogP contribution in [0.25, 0.3) is 0 Å². The third kappa shape index (κ3) is 4.03. The van der Waals surface area contributed by atoms with E-state index in [2.05, 4.69) is 91.0 Å². The average molecular weight is 417 g/mol. The van der Waals surface area contributed by atoms with Gasteiger partial charge in [0.25, 0.3) is 0 Å². The van der Waals surface area contributed by atoms with Crippen LogP contribution < -0.4 is 15.9 Å². The third-order valence-electron chi connectivity index (χ3n) is 5.16. The monoisotopic (exact) mass is 417 g/mol. The van der Waals surface area contributed by atoms with Gasteiger partial charge in [-0.25, -0.2) is 4.79 Å². The van der Waals surface area contributed by atoms with Crippen molar-refractivity contribution in [2.24, 2.45) is 0 Å². The van der Waals surface area contributed by atoms with Crippen molar-refractivity contribution in [1.29, 1.82) is 0 Å². The summed E-state index contributed by atoms with van der Waals surface area (Å²) in [5, 5.41) is 13.3. The molecule has 4 aromatic rings. The summed E-state index contributed by atoms with van der Waals surface area (Å²) in [6.07, 6.45) is 1.81. The average Bonchev–Trinajstić information content (AvgIpc) is 3.26. The van der Waals surface area contributed by atoms with Crippen LogP contribution in [-0.4, -0.2) is 17.2 Å². The van der Waals surface area contributed by atoms with Gasteiger partial charge in [0.15, 0.2) is 0 Å². The smallest absolute Gasteiger partial charge is 0.345 e. The summed E-state index contributed by atoms with van der Waals surface area (Å²) in [4.78, 5) is 12.8. The molecule has 1 N–H and O–H groups in total. The molecule has 0 atom stereocenters. The molecule has 0 fully saturated rings. The first-order valence-electron chi connectivity index (χ1n) is 9.57. The lowest BCUT2D eigenvalue weighted by Crippen LogP contribution is -2.33. The van der Waals surface area contributed by atoms with Crippen molar-refractivity contribution in [3.63, 3.8) is 0 Å². The van der Waals surface area contributed by atoms with E-state index in [9.17, 15) is 9.90 Å². The molecular weight excluding hydrogens is 395 g/mol. The molecule has 0 amide bonds. The Hall–Kier alpha value is -2.74. The van der Waals surface area contributed by atoms with E-state index in [1.54, 1.807) is 6.07 Å². The molecule has 1 aromatic heterocycles. The van der Waals surface area contributed by atoms with Gasteiger partial charge in [0.1, 0.15) is 28.1 Å². The zero-order valence-electron chi connectivity index (χ0n) is 15.9. The SMILES string of the molecule is O=C(O)c1ccc(CC[P+](c2ccccc2)(c2ccccc2)c2ccccc2)s1. The number of hydrogen-bond acceptors (Lipinski definition) is 2. The zero-order valence-corrected chi connectivity index (χ0v) is 17.7. The van der Waals surface area contributed by atoms with Gasteiger partial charge in [0, 0.05) is 11.3 Å². The van der Waals surface area contributed by atoms with Gasteiger partial charge >= 0.3 is 5.97 Å². The molecule has 0 bridgehead atoms. The van der Waals surface area contributed by atoms with Crippen LogP contribution in [0.3, 0.4) is 0 Å². The van der Waals surface area contributed by atoms with Crippen LogP contribution >= 0.6 is 18.6 Å². The molecule has 3 aromatic carbocycles. The second-order valence-corrected chi connectivity index (χ2v) is 11.6. The first-order valence-corrected chi connectivity index (χ1v) is 12.4. The molecule has 0 aliphatic carbocycles. The highest BCUT2D eigenvalue weighted by atomic mass is 32.1. The standard InChI is InChI=1S/C25H21O2PS/c26-25(27)24-17-16-23(29-24)18-19-28(20-10-4-1-5-11-20,21-12-6-2-7-13-21)22-14-8-3-9-15-22/h1-17H,18-19H2/p+1. The Kier molecular flexibility index (Phi) is 5.89. The van der Waals surface area contributed by atoms with E-state index in [1.807, 2.05) is 6.07 Å². The first-order chi connectivity index (χ1) is 14.2. The predicted molar refractivity (Wildman–Crippen MR) is 125 cm³/mol. The van der Waals surface area contributed by atoms with Crippen LogP contribution in [0.5, 0.6) is 0 Å². The molecule has 4 heteroatoms. The number of carboxylic acid groups (broad SMARTS) is 1. The highest BCUT2D eigenvalue weighted by Crippen LogP contribution is 2.55. The van der Waals surface area contributed by atoms with Gasteiger partial charge in [-0.1, -0.05) is 54.6 Å². The van der Waals surface area contributed by atoms with Crippen molar-refractivity contribution in [3.8, 4) is 0 Å². The molecule has 0 aliphatic heterocycles. The summed E-state index contributed by atoms with van der Waals surface area (Å²) in [6.45, 7) is 0. The van der Waals surface area contributed by atoms with Crippen molar-refractivity contribution in [2.45, 2.75) is 6.42 Å². The Labute approximate surface area is 175 Å². The second kappa shape index (κ2) is 8.73. The maximum absolute atomic E-state index is 11.3. The molecule has 1 heterocycles. The summed E-state index contributed by atoms with van der Waals surface area (Å²) in [5.74, 6) is -0.850. The number of thiophene rings is 1. The molecule has 2 nitrogen and oxygen atoms in total. The molecular formula is C25H22O2PS+. The number of benzene rings is 3. The number of aryl methyl sites for hydroxylation is 1. The van der Waals surface area contributed by atoms with Crippen molar-refractivity contribution >= 4 is 40.5 Å². The Bertz CT molecular complexity index is 979. The number of hydrogen-bond donors (Lipinski definition) is 1. The highest BCUT2D eigenvalue weighted by molar-refractivity contribution is 7.95. The minimum Gasteiger partial charge on any atom is -0.477 e. The van der Waals surface area contributed by atoms with Crippen molar-refractivity contribution in [1.82, 2.24) is 0 Å². The summed E-state index contributed by atoms with van der Waals surface area (Å²) in [6, 6.07) is 36.0. The fraction of sp³-hybridized carbons (Fsp3) is 0.0800. The van der Waals surface area contributed by atoms with Gasteiger partial charge in [-0.05, 0) is 48.5 Å². The van der Waals surface area contributed by atoms with E-state index in [1.165, 1.54) is 27.3 Å². The molecule has 0 spiro atoms. The lowest BCUT2D eigenvalue weighted by atomic mass is 10.3. The number of aromatic carboxylic acids is 1. The van der Waals surface area contributed by atoms with Crippen LogP contribution in [0, 0.1) is 0 Å². The summed E-state index contributed by atoms with van der Waals surface area (Å²) >= 11 is 1.39. The van der Waals surface area contributed by atoms with Gasteiger partial charge in [-0.3, -0.25) is 0 Å². The molecule has 0 radical (unpaired) electrons. The van der Waals surface area contributed by atoms with Crippen LogP contribution in [0.4, 0.5) is 0 Å². The van der Waals surface area contributed by atoms with Crippen LogP contribution in [0.2, 0.25) is 0 Å². The third-order valence-corrected chi connectivity index (χ3v) is 10.7. The fourth-order valence-electron chi connectivity index (χ4n) is 3.79. The number of carbonyl (C=O) groups is 1. The fourth-order valence-corrected chi connectivity index (χ4v) is 9.07. The Balaban J connectivity index is 1.84. The van der Waals surface area contributed by atoms with E-state index >= 15 is 0 Å². The highest BCUT2D eigenvalue weighted by Gasteiger charge is 2.44. The molecule has 0 saturated carbocycles. The lowest BCUT2D eigenvalue weighted by Gasteiger charge is -2.27. The number of rotatable bonds is 7. The van der Waals surface area contributed by atoms with Gasteiger partial charge in [-0.2, -0.15) is 0 Å². The Morgan fingerprint density at radius 1 is 0.690 bits per heavy atom. The van der Waals surface area contributed by atoms with Crippen LogP contribution in [0.15, 0.2) is 103 Å². The molecule has 144 valence electrons. The molecule has 4 rings (SSSR count). The minimum atomic E-state index is -1.87. The van der Waals surface area contributed by atoms with E-state index in [4.69, 9.17) is 0 Å². The first kappa shape index (κ1) is 19.6. The summed E-state index contributed by atoms with van der Waals surface area (Å²) in [7, 11) is -1.87. The minimum absolute atomic E-state index is 0.406. The van der Waals surface area contributed by atoms with E-state index < -0.39 is 13.2 Å². The molecule has 0 aliphatic rings. The molecule has 0 unspecified atom stereocenters. The van der Waals surface area contributed by atoms with E-state index in [0.29, 0.717) is 4.88 Å². The van der Waals surface area contributed by atoms with Crippen molar-refractivity contribution in [2.75, 3.05) is 6.16 Å². The molecule has 29 heavy (non-hydrogen) atoms. The van der Waals surface area contributed by atoms with E-state index in [0.717, 1.165) is 17.5 Å². The van der Waals surface area contributed by atoms with Gasteiger partial charge in [-0.15, -0.1) is 11.3 Å². The van der Waals surface area contributed by atoms with Gasteiger partial charge in [0.05, 0.1) is 6.16 Å². The Morgan fingerprint density at radius 3 is 1.52 bits per heavy atom. The maximum Gasteiger partial charge on any atom is 0.345 e. The Morgan fingerprint density at radius 2 is 1.14 bits per heavy atom. The maximum atomic E-state index is 11.3. The lowest BCUT2D eigenvalue weighted by molar-refractivity contribution is 0.0702. The molecule has 0 saturated heterocycles. The quantitative estimate of drug-likeness (QED) is 0.431. The van der Waals surface area contributed by atoms with Crippen molar-refractivity contribution < 1.29 is 9.90 Å². The summed E-state index contributed by atoms with van der Waals surface area (Å²) in [5.41, 5.74) is 0. The van der Waals surface area contributed by atoms with Crippen molar-refractivity contribution in [3.05, 3.63) is 113 Å². The largest absolute Gasteiger partial charge is 0.477 e. The van der Waals surface area contributed by atoms with Crippen LogP contribution in [-0.2, 0) is 6.42 Å². The van der Waals surface area contributed by atoms with Gasteiger partial charge < -0.3 is 5.11 Å². The summed E-state index contributed by atoms with van der Waals surface area (Å²) < 4.78 is 0. The second-order valence-electron chi connectivity index (χ2n) is 6.86. The normalized spacial score (nSPS) is 11.3. The predicted octanol–water partition coefficient (Wildman–Crippen LogP) is 4.98. The topological polar surface area (TPSA) is 37.3 Å². The zero-order chi connectivity index (χ0) is 20.1. The van der Waals surface area contributed by atoms with E-state index in [-0.39, 0.29) is 0 Å². The van der Waals surface area contributed by atoms with Gasteiger partial charge in [0.2, 0.25) is 0 Å². The number of carboxylic acids is 1. The van der Waals surface area contributed by atoms with Crippen LogP contribution in [0.1, 0.15) is 14.5 Å².